The van der Waals surface area contributed by atoms with Crippen molar-refractivity contribution in [2.45, 2.75) is 25.4 Å². The molecule has 14 heavy (non-hydrogen) atoms. The zero-order valence-corrected chi connectivity index (χ0v) is 8.06. The van der Waals surface area contributed by atoms with Gasteiger partial charge in [0, 0.05) is 19.7 Å². The summed E-state index contributed by atoms with van der Waals surface area (Å²) in [4.78, 5) is 1.79. The molecule has 84 valence electrons. The molecule has 0 aromatic heterocycles. The molecule has 0 amide bonds. The Balaban J connectivity index is 2.36. The molecule has 1 saturated heterocycles. The molecule has 5 heteroatoms. The second-order valence-corrected chi connectivity index (χ2v) is 3.76. The molecule has 1 heterocycles. The summed E-state index contributed by atoms with van der Waals surface area (Å²) >= 11 is 0. The number of aliphatic hydroxyl groups is 1. The molecule has 0 bridgehead atoms. The molecule has 1 rings (SSSR count). The first kappa shape index (κ1) is 11.8. The molecule has 1 aliphatic heterocycles. The van der Waals surface area contributed by atoms with Crippen LogP contribution in [-0.4, -0.2) is 42.4 Å². The van der Waals surface area contributed by atoms with E-state index in [9.17, 15) is 13.2 Å². The van der Waals surface area contributed by atoms with E-state index in [1.54, 1.807) is 4.90 Å². The Morgan fingerprint density at radius 1 is 1.36 bits per heavy atom. The van der Waals surface area contributed by atoms with Crippen molar-refractivity contribution in [3.05, 3.63) is 0 Å². The molecule has 1 unspecified atom stereocenters. The van der Waals surface area contributed by atoms with Crippen molar-refractivity contribution in [3.8, 4) is 0 Å². The number of rotatable bonds is 3. The Kier molecular flexibility index (Phi) is 4.19. The second-order valence-electron chi connectivity index (χ2n) is 3.76. The van der Waals surface area contributed by atoms with Crippen molar-refractivity contribution in [1.29, 1.82) is 0 Å². The van der Waals surface area contributed by atoms with E-state index in [4.69, 9.17) is 5.11 Å². The predicted octanol–water partition coefficient (Wildman–Crippen LogP) is 1.64. The zero-order chi connectivity index (χ0) is 10.6. The lowest BCUT2D eigenvalue weighted by Gasteiger charge is -2.33. The van der Waals surface area contributed by atoms with Crippen LogP contribution in [0.15, 0.2) is 0 Å². The molecular weight excluding hydrogens is 195 g/mol. The Morgan fingerprint density at radius 3 is 2.64 bits per heavy atom. The molecular formula is C9H16F3NO. The minimum absolute atomic E-state index is 0.0488. The Morgan fingerprint density at radius 2 is 2.07 bits per heavy atom. The van der Waals surface area contributed by atoms with Crippen LogP contribution in [0.2, 0.25) is 0 Å². The molecule has 0 aromatic rings. The fourth-order valence-electron chi connectivity index (χ4n) is 1.82. The number of nitrogens with zero attached hydrogens (tertiary/aromatic N) is 1. The molecule has 0 aromatic carbocycles. The van der Waals surface area contributed by atoms with Crippen LogP contribution in [0.25, 0.3) is 0 Å². The van der Waals surface area contributed by atoms with E-state index in [1.165, 1.54) is 0 Å². The number of alkyl halides is 3. The maximum absolute atomic E-state index is 12.4. The topological polar surface area (TPSA) is 23.5 Å². The summed E-state index contributed by atoms with van der Waals surface area (Å²) in [6, 6.07) is 0. The first-order chi connectivity index (χ1) is 6.54. The SMILES string of the molecule is OCCCN1CCCC(C(F)(F)F)C1. The van der Waals surface area contributed by atoms with E-state index in [0.717, 1.165) is 6.54 Å². The maximum atomic E-state index is 12.4. The molecule has 0 spiro atoms. The summed E-state index contributed by atoms with van der Waals surface area (Å²) < 4.78 is 37.1. The highest BCUT2D eigenvalue weighted by molar-refractivity contribution is 4.77. The van der Waals surface area contributed by atoms with Crippen LogP contribution >= 0.6 is 0 Å². The lowest BCUT2D eigenvalue weighted by Crippen LogP contribution is -2.42. The predicted molar refractivity (Wildman–Crippen MR) is 46.9 cm³/mol. The summed E-state index contributed by atoms with van der Waals surface area (Å²) in [6.07, 6.45) is -2.64. The molecule has 1 fully saturated rings. The van der Waals surface area contributed by atoms with Gasteiger partial charge in [0.25, 0.3) is 0 Å². The van der Waals surface area contributed by atoms with Crippen LogP contribution in [0, 0.1) is 5.92 Å². The first-order valence-corrected chi connectivity index (χ1v) is 4.94. The monoisotopic (exact) mass is 211 g/mol. The van der Waals surface area contributed by atoms with Crippen molar-refractivity contribution in [2.24, 2.45) is 5.92 Å². The standard InChI is InChI=1S/C9H16F3NO/c10-9(11,12)8-3-1-4-13(7-8)5-2-6-14/h8,14H,1-7H2. The van der Waals surface area contributed by atoms with Crippen molar-refractivity contribution >= 4 is 0 Å². The molecule has 0 radical (unpaired) electrons. The van der Waals surface area contributed by atoms with Crippen LogP contribution in [0.1, 0.15) is 19.3 Å². The number of piperidine rings is 1. The fraction of sp³-hybridized carbons (Fsp3) is 1.00. The van der Waals surface area contributed by atoms with Crippen molar-refractivity contribution < 1.29 is 18.3 Å². The van der Waals surface area contributed by atoms with Gasteiger partial charge in [0.15, 0.2) is 0 Å². The highest BCUT2D eigenvalue weighted by Crippen LogP contribution is 2.32. The van der Waals surface area contributed by atoms with Gasteiger partial charge in [-0.15, -0.1) is 0 Å². The van der Waals surface area contributed by atoms with Crippen LogP contribution in [0.4, 0.5) is 13.2 Å². The Bertz CT molecular complexity index is 172. The quantitative estimate of drug-likeness (QED) is 0.767. The van der Waals surface area contributed by atoms with Gasteiger partial charge in [0.05, 0.1) is 5.92 Å². The van der Waals surface area contributed by atoms with E-state index in [0.29, 0.717) is 19.4 Å². The van der Waals surface area contributed by atoms with Crippen LogP contribution in [-0.2, 0) is 0 Å². The van der Waals surface area contributed by atoms with E-state index in [1.807, 2.05) is 0 Å². The average Bonchev–Trinajstić information content (AvgIpc) is 2.14. The fourth-order valence-corrected chi connectivity index (χ4v) is 1.82. The summed E-state index contributed by atoms with van der Waals surface area (Å²) in [7, 11) is 0. The van der Waals surface area contributed by atoms with Crippen molar-refractivity contribution in [2.75, 3.05) is 26.2 Å². The third kappa shape index (κ3) is 3.46. The number of hydrogen-bond acceptors (Lipinski definition) is 2. The van der Waals surface area contributed by atoms with Crippen molar-refractivity contribution in [1.82, 2.24) is 4.90 Å². The molecule has 0 aliphatic carbocycles. The third-order valence-corrected chi connectivity index (χ3v) is 2.60. The average molecular weight is 211 g/mol. The summed E-state index contributed by atoms with van der Waals surface area (Å²) in [5.74, 6) is -1.17. The van der Waals surface area contributed by atoms with Gasteiger partial charge in [0.2, 0.25) is 0 Å². The molecule has 1 atom stereocenters. The van der Waals surface area contributed by atoms with Gasteiger partial charge in [-0.05, 0) is 25.8 Å². The highest BCUT2D eigenvalue weighted by Gasteiger charge is 2.41. The lowest BCUT2D eigenvalue weighted by molar-refractivity contribution is -0.186. The molecule has 1 aliphatic rings. The van der Waals surface area contributed by atoms with Crippen LogP contribution in [0.3, 0.4) is 0 Å². The van der Waals surface area contributed by atoms with E-state index < -0.39 is 12.1 Å². The number of likely N-dealkylation sites (tertiary alicyclic amines) is 1. The van der Waals surface area contributed by atoms with Gasteiger partial charge >= 0.3 is 6.18 Å². The Labute approximate surface area is 81.7 Å². The van der Waals surface area contributed by atoms with E-state index >= 15 is 0 Å². The number of hydrogen-bond donors (Lipinski definition) is 1. The minimum Gasteiger partial charge on any atom is -0.396 e. The minimum atomic E-state index is -4.06. The lowest BCUT2D eigenvalue weighted by atomic mass is 9.97. The van der Waals surface area contributed by atoms with Crippen molar-refractivity contribution in [3.63, 3.8) is 0 Å². The first-order valence-electron chi connectivity index (χ1n) is 4.94. The Hall–Kier alpha value is -0.290. The second kappa shape index (κ2) is 4.98. The van der Waals surface area contributed by atoms with E-state index in [-0.39, 0.29) is 19.6 Å². The largest absolute Gasteiger partial charge is 0.396 e. The van der Waals surface area contributed by atoms with Crippen LogP contribution < -0.4 is 0 Å². The highest BCUT2D eigenvalue weighted by atomic mass is 19.4. The van der Waals surface area contributed by atoms with Gasteiger partial charge in [-0.2, -0.15) is 13.2 Å². The number of aliphatic hydroxyl groups excluding tert-OH is 1. The van der Waals surface area contributed by atoms with Crippen LogP contribution in [0.5, 0.6) is 0 Å². The van der Waals surface area contributed by atoms with Gasteiger partial charge in [-0.25, -0.2) is 0 Å². The van der Waals surface area contributed by atoms with Gasteiger partial charge in [-0.3, -0.25) is 0 Å². The van der Waals surface area contributed by atoms with E-state index in [2.05, 4.69) is 0 Å². The molecule has 0 saturated carbocycles. The molecule has 2 nitrogen and oxygen atoms in total. The van der Waals surface area contributed by atoms with Gasteiger partial charge in [-0.1, -0.05) is 0 Å². The zero-order valence-electron chi connectivity index (χ0n) is 8.06. The van der Waals surface area contributed by atoms with Gasteiger partial charge < -0.3 is 10.0 Å². The smallest absolute Gasteiger partial charge is 0.393 e. The normalized spacial score (nSPS) is 25.3. The third-order valence-electron chi connectivity index (χ3n) is 2.60. The summed E-state index contributed by atoms with van der Waals surface area (Å²) in [5, 5.41) is 8.57. The van der Waals surface area contributed by atoms with Gasteiger partial charge in [0.1, 0.15) is 0 Å². The maximum Gasteiger partial charge on any atom is 0.393 e. The molecule has 1 N–H and O–H groups in total. The summed E-state index contributed by atoms with van der Waals surface area (Å²) in [6.45, 7) is 1.45. The summed E-state index contributed by atoms with van der Waals surface area (Å²) in [5.41, 5.74) is 0. The number of halogens is 3.